The van der Waals surface area contributed by atoms with Crippen molar-refractivity contribution in [3.05, 3.63) is 70.6 Å². The molecule has 0 unspecified atom stereocenters. The molecule has 0 amide bonds. The molecule has 0 saturated heterocycles. The fourth-order valence-electron chi connectivity index (χ4n) is 3.86. The number of rotatable bonds is 9. The molecule has 0 atom stereocenters. The van der Waals surface area contributed by atoms with Gasteiger partial charge in [0.15, 0.2) is 0 Å². The second-order valence-electron chi connectivity index (χ2n) is 9.67. The summed E-state index contributed by atoms with van der Waals surface area (Å²) in [4.78, 5) is 0. The summed E-state index contributed by atoms with van der Waals surface area (Å²) in [5.74, 6) is 2.21. The molecule has 0 saturated carbocycles. The van der Waals surface area contributed by atoms with E-state index in [4.69, 9.17) is 15.1 Å². The summed E-state index contributed by atoms with van der Waals surface area (Å²) in [7, 11) is 1.68. The predicted octanol–water partition coefficient (Wildman–Crippen LogP) is 9.19. The number of benzene rings is 2. The molecule has 4 nitrogen and oxygen atoms in total. The minimum atomic E-state index is 0.354. The van der Waals surface area contributed by atoms with Gasteiger partial charge in [-0.2, -0.15) is 0 Å². The van der Waals surface area contributed by atoms with Gasteiger partial charge in [0, 0.05) is 0 Å². The summed E-state index contributed by atoms with van der Waals surface area (Å²) in [6, 6.07) is 13.0. The van der Waals surface area contributed by atoms with Gasteiger partial charge in [0.1, 0.15) is 5.76 Å². The zero-order valence-electron chi connectivity index (χ0n) is 21.6. The molecule has 0 heterocycles. The summed E-state index contributed by atoms with van der Waals surface area (Å²) in [5, 5.41) is 11.6. The number of allylic oxidation sites excluding steroid dienone is 1. The Labute approximate surface area is 195 Å². The molecule has 174 valence electrons. The molecule has 2 aromatic rings. The average molecular weight is 436 g/mol. The molecule has 0 aliphatic rings. The molecule has 0 radical (unpaired) electrons. The smallest absolute Gasteiger partial charge is 0.111 e. The van der Waals surface area contributed by atoms with Crippen LogP contribution in [0.3, 0.4) is 0 Å². The third-order valence-electron chi connectivity index (χ3n) is 5.78. The van der Waals surface area contributed by atoms with Crippen LogP contribution in [0.2, 0.25) is 0 Å². The van der Waals surface area contributed by atoms with Crippen LogP contribution in [-0.4, -0.2) is 7.11 Å². The molecule has 0 aromatic heterocycles. The number of anilines is 1. The minimum absolute atomic E-state index is 0.354. The van der Waals surface area contributed by atoms with Gasteiger partial charge in [-0.15, -0.1) is 5.11 Å². The summed E-state index contributed by atoms with van der Waals surface area (Å²) < 4.78 is 5.50. The summed E-state index contributed by atoms with van der Waals surface area (Å²) in [5.41, 5.74) is 6.99. The van der Waals surface area contributed by atoms with Crippen LogP contribution >= 0.6 is 0 Å². The highest BCUT2D eigenvalue weighted by atomic mass is 16.5. The first-order valence-electron chi connectivity index (χ1n) is 11.8. The zero-order valence-corrected chi connectivity index (χ0v) is 21.6. The number of hydrogen-bond acceptors (Lipinski definition) is 3. The van der Waals surface area contributed by atoms with Crippen molar-refractivity contribution in [1.82, 2.24) is 0 Å². The van der Waals surface area contributed by atoms with E-state index in [1.165, 1.54) is 22.3 Å². The lowest BCUT2D eigenvalue weighted by Gasteiger charge is -2.25. The van der Waals surface area contributed by atoms with Gasteiger partial charge >= 0.3 is 0 Å². The molecule has 0 N–H and O–H groups in total. The molecule has 4 heteroatoms. The first-order valence-corrected chi connectivity index (χ1v) is 11.8. The lowest BCUT2D eigenvalue weighted by atomic mass is 9.92. The highest BCUT2D eigenvalue weighted by molar-refractivity contribution is 5.63. The molecule has 0 spiro atoms. The van der Waals surface area contributed by atoms with Gasteiger partial charge in [-0.25, -0.2) is 5.01 Å². The topological polar surface area (TPSA) is 37.2 Å². The minimum Gasteiger partial charge on any atom is -0.500 e. The van der Waals surface area contributed by atoms with Crippen LogP contribution in [0.4, 0.5) is 11.4 Å². The van der Waals surface area contributed by atoms with Crippen LogP contribution < -0.4 is 5.01 Å². The van der Waals surface area contributed by atoms with Crippen molar-refractivity contribution in [2.24, 2.45) is 10.3 Å². The Balaban J connectivity index is 2.76. The van der Waals surface area contributed by atoms with Crippen LogP contribution in [0.5, 0.6) is 0 Å². The predicted molar refractivity (Wildman–Crippen MR) is 137 cm³/mol. The monoisotopic (exact) mass is 435 g/mol. The molecule has 0 aliphatic carbocycles. The SMILES string of the molecule is CO/C(C)=C/N(N=Nc1c(C(C)C)cccc1C(C)C)c1c(C(C)C)cccc1C(C)C. The highest BCUT2D eigenvalue weighted by Gasteiger charge is 2.20. The van der Waals surface area contributed by atoms with E-state index in [0.717, 1.165) is 17.1 Å². The van der Waals surface area contributed by atoms with Gasteiger partial charge in [0.25, 0.3) is 0 Å². The van der Waals surface area contributed by atoms with E-state index in [1.54, 1.807) is 7.11 Å². The molecular weight excluding hydrogens is 394 g/mol. The maximum absolute atomic E-state index is 5.50. The van der Waals surface area contributed by atoms with E-state index < -0.39 is 0 Å². The van der Waals surface area contributed by atoms with E-state index in [-0.39, 0.29) is 0 Å². The number of para-hydroxylation sites is 1. The number of nitrogens with zero attached hydrogens (tertiary/aromatic N) is 3. The summed E-state index contributed by atoms with van der Waals surface area (Å²) >= 11 is 0. The van der Waals surface area contributed by atoms with Crippen LogP contribution in [0.25, 0.3) is 0 Å². The Morgan fingerprint density at radius 3 is 1.53 bits per heavy atom. The van der Waals surface area contributed by atoms with Gasteiger partial charge in [-0.05, 0) is 52.8 Å². The first kappa shape index (κ1) is 25.6. The van der Waals surface area contributed by atoms with Crippen LogP contribution in [0.1, 0.15) is 108 Å². The second kappa shape index (κ2) is 11.3. The van der Waals surface area contributed by atoms with E-state index >= 15 is 0 Å². The van der Waals surface area contributed by atoms with Crippen molar-refractivity contribution in [1.29, 1.82) is 0 Å². The first-order chi connectivity index (χ1) is 15.1. The normalized spacial score (nSPS) is 12.6. The van der Waals surface area contributed by atoms with Crippen molar-refractivity contribution >= 4 is 11.4 Å². The largest absolute Gasteiger partial charge is 0.500 e. The summed E-state index contributed by atoms with van der Waals surface area (Å²) in [6.45, 7) is 19.6. The molecular formula is C28H41N3O. The Hall–Kier alpha value is -2.62. The van der Waals surface area contributed by atoms with E-state index in [2.05, 4.69) is 91.8 Å². The van der Waals surface area contributed by atoms with Crippen molar-refractivity contribution in [3.63, 3.8) is 0 Å². The Bertz CT molecular complexity index is 903. The Morgan fingerprint density at radius 2 is 1.16 bits per heavy atom. The molecule has 2 rings (SSSR count). The van der Waals surface area contributed by atoms with E-state index in [0.29, 0.717) is 23.7 Å². The number of hydrogen-bond donors (Lipinski definition) is 0. The number of ether oxygens (including phenoxy) is 1. The molecule has 0 bridgehead atoms. The second-order valence-corrected chi connectivity index (χ2v) is 9.67. The Kier molecular flexibility index (Phi) is 9.06. The fourth-order valence-corrected chi connectivity index (χ4v) is 3.86. The van der Waals surface area contributed by atoms with Gasteiger partial charge in [0.2, 0.25) is 0 Å². The van der Waals surface area contributed by atoms with Crippen molar-refractivity contribution < 1.29 is 4.74 Å². The summed E-state index contributed by atoms with van der Waals surface area (Å²) in [6.07, 6.45) is 1.93. The lowest BCUT2D eigenvalue weighted by Crippen LogP contribution is -2.14. The quantitative estimate of drug-likeness (QED) is 0.224. The molecule has 0 aliphatic heterocycles. The fraction of sp³-hybridized carbons (Fsp3) is 0.500. The standard InChI is InChI=1S/C28H41N3O/c1-18(2)23-13-11-14-24(19(3)4)27(23)29-30-31(17-22(9)32-10)28-25(20(5)6)15-12-16-26(28)21(7)8/h11-21H,1-10H3/b22-17+,30-29?. The maximum Gasteiger partial charge on any atom is 0.111 e. The molecule has 2 aromatic carbocycles. The molecule has 32 heavy (non-hydrogen) atoms. The third kappa shape index (κ3) is 5.99. The van der Waals surface area contributed by atoms with Gasteiger partial charge in [-0.1, -0.05) is 97.0 Å². The Morgan fingerprint density at radius 1 is 0.750 bits per heavy atom. The van der Waals surface area contributed by atoms with Crippen LogP contribution in [0, 0.1) is 0 Å². The third-order valence-corrected chi connectivity index (χ3v) is 5.78. The van der Waals surface area contributed by atoms with Crippen molar-refractivity contribution in [2.75, 3.05) is 12.1 Å². The van der Waals surface area contributed by atoms with Crippen molar-refractivity contribution in [3.8, 4) is 0 Å². The van der Waals surface area contributed by atoms with E-state index in [9.17, 15) is 0 Å². The van der Waals surface area contributed by atoms with Gasteiger partial charge < -0.3 is 4.74 Å². The maximum atomic E-state index is 5.50. The lowest BCUT2D eigenvalue weighted by molar-refractivity contribution is 0.292. The average Bonchev–Trinajstić information content (AvgIpc) is 2.75. The highest BCUT2D eigenvalue weighted by Crippen LogP contribution is 2.38. The molecule has 0 fully saturated rings. The van der Waals surface area contributed by atoms with Crippen LogP contribution in [0.15, 0.2) is 58.7 Å². The van der Waals surface area contributed by atoms with Gasteiger partial charge in [0.05, 0.1) is 24.7 Å². The number of methoxy groups -OCH3 is 1. The van der Waals surface area contributed by atoms with E-state index in [1.807, 2.05) is 18.1 Å². The van der Waals surface area contributed by atoms with Crippen LogP contribution in [-0.2, 0) is 4.74 Å². The van der Waals surface area contributed by atoms with Crippen molar-refractivity contribution in [2.45, 2.75) is 86.0 Å². The zero-order chi connectivity index (χ0) is 24.0. The van der Waals surface area contributed by atoms with Gasteiger partial charge in [-0.3, -0.25) is 0 Å².